The number of carbonyl (C=O) groups is 1. The van der Waals surface area contributed by atoms with Crippen LogP contribution in [-0.2, 0) is 4.79 Å². The van der Waals surface area contributed by atoms with E-state index in [2.05, 4.69) is 67.8 Å². The van der Waals surface area contributed by atoms with Gasteiger partial charge < -0.3 is 25.7 Å². The van der Waals surface area contributed by atoms with Crippen LogP contribution in [0.3, 0.4) is 0 Å². The third-order valence-electron chi connectivity index (χ3n) is 11.7. The molecule has 6 nitrogen and oxygen atoms in total. The molecule has 0 fully saturated rings. The van der Waals surface area contributed by atoms with Crippen molar-refractivity contribution in [2.24, 2.45) is 0 Å². The van der Waals surface area contributed by atoms with E-state index in [0.29, 0.717) is 12.8 Å². The Morgan fingerprint density at radius 2 is 0.767 bits per heavy atom. The van der Waals surface area contributed by atoms with Crippen LogP contribution in [0.15, 0.2) is 60.8 Å². The summed E-state index contributed by atoms with van der Waals surface area (Å²) in [5.74, 6) is -0.668. The normalized spacial score (nSPS) is 14.4. The molecule has 4 unspecified atom stereocenters. The predicted octanol–water partition coefficient (Wildman–Crippen LogP) is 14.4. The van der Waals surface area contributed by atoms with Crippen molar-refractivity contribution < 1.29 is 25.2 Å². The van der Waals surface area contributed by atoms with Crippen molar-refractivity contribution in [2.75, 3.05) is 6.61 Å². The highest BCUT2D eigenvalue weighted by Gasteiger charge is 2.28. The maximum Gasteiger partial charge on any atom is 0.249 e. The molecule has 350 valence electrons. The number of allylic oxidation sites excluding steroid dienone is 9. The molecule has 0 radical (unpaired) electrons. The molecule has 0 spiro atoms. The molecule has 0 aromatic carbocycles. The first-order valence-electron chi connectivity index (χ1n) is 25.7. The molecule has 0 aromatic rings. The molecule has 1 amide bonds. The van der Waals surface area contributed by atoms with E-state index in [1.165, 1.54) is 167 Å². The summed E-state index contributed by atoms with van der Waals surface area (Å²) in [4.78, 5) is 12.4. The fourth-order valence-electron chi connectivity index (χ4n) is 7.60. The summed E-state index contributed by atoms with van der Waals surface area (Å²) in [5.41, 5.74) is 0. The van der Waals surface area contributed by atoms with Crippen LogP contribution >= 0.6 is 0 Å². The highest BCUT2D eigenvalue weighted by molar-refractivity contribution is 5.81. The van der Waals surface area contributed by atoms with Crippen LogP contribution in [0.1, 0.15) is 245 Å². The van der Waals surface area contributed by atoms with Gasteiger partial charge >= 0.3 is 0 Å². The van der Waals surface area contributed by atoms with Crippen LogP contribution in [-0.4, -0.2) is 57.3 Å². The second-order valence-corrected chi connectivity index (χ2v) is 17.5. The Hall–Kier alpha value is -1.99. The number of amides is 1. The Morgan fingerprint density at radius 1 is 0.433 bits per heavy atom. The molecule has 6 heteroatoms. The van der Waals surface area contributed by atoms with E-state index in [9.17, 15) is 25.2 Å². The van der Waals surface area contributed by atoms with Crippen LogP contribution in [0, 0.1) is 0 Å². The van der Waals surface area contributed by atoms with Gasteiger partial charge in [-0.05, 0) is 77.0 Å². The average Bonchev–Trinajstić information content (AvgIpc) is 3.25. The molecule has 0 heterocycles. The minimum atomic E-state index is -1.32. The van der Waals surface area contributed by atoms with Crippen LogP contribution in [0.25, 0.3) is 0 Å². The molecular weight excluding hydrogens is 743 g/mol. The first kappa shape index (κ1) is 58.0. The van der Waals surface area contributed by atoms with E-state index in [0.717, 1.165) is 44.9 Å². The molecule has 0 rings (SSSR count). The van der Waals surface area contributed by atoms with Crippen molar-refractivity contribution >= 4 is 5.91 Å². The molecule has 0 aliphatic carbocycles. The van der Waals surface area contributed by atoms with Crippen LogP contribution in [0.5, 0.6) is 0 Å². The lowest BCUT2D eigenvalue weighted by atomic mass is 10.0. The van der Waals surface area contributed by atoms with Crippen LogP contribution in [0.2, 0.25) is 0 Å². The maximum absolute atomic E-state index is 12.4. The summed E-state index contributed by atoms with van der Waals surface area (Å²) < 4.78 is 0. The van der Waals surface area contributed by atoms with Crippen LogP contribution < -0.4 is 5.32 Å². The van der Waals surface area contributed by atoms with E-state index in [4.69, 9.17) is 0 Å². The molecule has 5 N–H and O–H groups in total. The standard InChI is InChI=1S/C54H99NO5/c1-3-5-7-9-11-13-15-17-18-19-20-21-22-23-24-25-26-27-28-29-30-31-32-33-34-35-36-38-39-41-43-45-47-51(57)53(59)50(49-56)55-54(60)52(58)48-46-44-42-40-37-16-14-12-10-8-6-4-2/h30-31,34-35,37,39-41,44,46,50-53,56-59H,3-29,32-33,36,38,42-43,45,47-49H2,1-2H3,(H,55,60)/b31-30+,35-34+,40-37-,41-39+,46-44-. The van der Waals surface area contributed by atoms with E-state index in [-0.39, 0.29) is 6.42 Å². The third kappa shape index (κ3) is 41.4. The van der Waals surface area contributed by atoms with Crippen molar-refractivity contribution in [1.82, 2.24) is 5.32 Å². The zero-order valence-electron chi connectivity index (χ0n) is 39.4. The van der Waals surface area contributed by atoms with E-state index in [1.54, 1.807) is 6.08 Å². The molecule has 0 aliphatic heterocycles. The molecule has 0 saturated heterocycles. The van der Waals surface area contributed by atoms with Gasteiger partial charge in [-0.2, -0.15) is 0 Å². The minimum Gasteiger partial charge on any atom is -0.394 e. The predicted molar refractivity (Wildman–Crippen MR) is 260 cm³/mol. The van der Waals surface area contributed by atoms with E-state index < -0.39 is 36.9 Å². The maximum atomic E-state index is 12.4. The topological polar surface area (TPSA) is 110 Å². The van der Waals surface area contributed by atoms with Gasteiger partial charge in [-0.25, -0.2) is 0 Å². The molecule has 0 aliphatic rings. The summed E-state index contributed by atoms with van der Waals surface area (Å²) in [6.45, 7) is 3.99. The van der Waals surface area contributed by atoms with Gasteiger partial charge in [0.25, 0.3) is 0 Å². The molecule has 0 saturated carbocycles. The summed E-state index contributed by atoms with van der Waals surface area (Å²) in [6.07, 6.45) is 61.7. The molecule has 0 aromatic heterocycles. The van der Waals surface area contributed by atoms with Gasteiger partial charge in [-0.3, -0.25) is 4.79 Å². The number of carbonyl (C=O) groups excluding carboxylic acids is 1. The van der Waals surface area contributed by atoms with Crippen molar-refractivity contribution in [3.8, 4) is 0 Å². The lowest BCUT2D eigenvalue weighted by molar-refractivity contribution is -0.132. The number of nitrogens with one attached hydrogen (secondary N) is 1. The quantitative estimate of drug-likeness (QED) is 0.0310. The summed E-state index contributed by atoms with van der Waals surface area (Å²) in [6, 6.07) is -1.04. The zero-order chi connectivity index (χ0) is 43.8. The van der Waals surface area contributed by atoms with Gasteiger partial charge in [0.1, 0.15) is 12.2 Å². The summed E-state index contributed by atoms with van der Waals surface area (Å²) in [5, 5.41) is 43.5. The largest absolute Gasteiger partial charge is 0.394 e. The van der Waals surface area contributed by atoms with Crippen LogP contribution in [0.4, 0.5) is 0 Å². The third-order valence-corrected chi connectivity index (χ3v) is 11.7. The first-order valence-corrected chi connectivity index (χ1v) is 25.7. The van der Waals surface area contributed by atoms with Gasteiger partial charge in [0, 0.05) is 6.42 Å². The van der Waals surface area contributed by atoms with Crippen molar-refractivity contribution in [3.05, 3.63) is 60.8 Å². The minimum absolute atomic E-state index is 0.146. The van der Waals surface area contributed by atoms with Gasteiger partial charge in [-0.15, -0.1) is 0 Å². The molecular formula is C54H99NO5. The second-order valence-electron chi connectivity index (χ2n) is 17.5. The van der Waals surface area contributed by atoms with Gasteiger partial charge in [0.2, 0.25) is 5.91 Å². The summed E-state index contributed by atoms with van der Waals surface area (Å²) >= 11 is 0. The smallest absolute Gasteiger partial charge is 0.249 e. The Labute approximate surface area is 372 Å². The Kier molecular flexibility index (Phi) is 46.5. The number of aliphatic hydroxyl groups is 4. The Balaban J connectivity index is 3.73. The van der Waals surface area contributed by atoms with Crippen molar-refractivity contribution in [3.63, 3.8) is 0 Å². The fourth-order valence-corrected chi connectivity index (χ4v) is 7.60. The van der Waals surface area contributed by atoms with E-state index in [1.807, 2.05) is 6.08 Å². The number of unbranched alkanes of at least 4 members (excludes halogenated alkanes) is 28. The highest BCUT2D eigenvalue weighted by atomic mass is 16.3. The van der Waals surface area contributed by atoms with Crippen molar-refractivity contribution in [2.45, 2.75) is 269 Å². The SMILES string of the molecule is CCCCCCCC/C=C\C/C=C\CC(O)C(=O)NC(CO)C(O)C(O)CCC/C=C/CC/C=C/CC/C=C/CCCCCCCCCCCCCCCCCCCCC. The number of aliphatic hydroxyl groups excluding tert-OH is 4. The number of rotatable bonds is 46. The number of hydrogen-bond acceptors (Lipinski definition) is 5. The second kappa shape index (κ2) is 48.0. The molecule has 0 bridgehead atoms. The fraction of sp³-hybridized carbons (Fsp3) is 0.796. The molecule has 4 atom stereocenters. The van der Waals surface area contributed by atoms with Gasteiger partial charge in [0.15, 0.2) is 0 Å². The summed E-state index contributed by atoms with van der Waals surface area (Å²) in [7, 11) is 0. The van der Waals surface area contributed by atoms with Gasteiger partial charge in [0.05, 0.1) is 18.8 Å². The Morgan fingerprint density at radius 3 is 1.17 bits per heavy atom. The molecule has 60 heavy (non-hydrogen) atoms. The average molecular weight is 842 g/mol. The number of hydrogen-bond donors (Lipinski definition) is 5. The van der Waals surface area contributed by atoms with E-state index >= 15 is 0 Å². The van der Waals surface area contributed by atoms with Crippen molar-refractivity contribution in [1.29, 1.82) is 0 Å². The Bertz CT molecular complexity index is 1040. The zero-order valence-corrected chi connectivity index (χ0v) is 39.4. The lowest BCUT2D eigenvalue weighted by Gasteiger charge is -2.27. The highest BCUT2D eigenvalue weighted by Crippen LogP contribution is 2.16. The monoisotopic (exact) mass is 842 g/mol. The lowest BCUT2D eigenvalue weighted by Crippen LogP contribution is -2.52. The first-order chi connectivity index (χ1) is 29.5. The van der Waals surface area contributed by atoms with Gasteiger partial charge in [-0.1, -0.05) is 222 Å².